The number of hydrogen-bond acceptors (Lipinski definition) is 7. The molecule has 0 spiro atoms. The Hall–Kier alpha value is -2.61. The van der Waals surface area contributed by atoms with Crippen LogP contribution in [0.15, 0.2) is 30.5 Å². The lowest BCUT2D eigenvalue weighted by molar-refractivity contribution is -0.125. The highest BCUT2D eigenvalue weighted by Gasteiger charge is 2.28. The van der Waals surface area contributed by atoms with Crippen molar-refractivity contribution in [2.45, 2.75) is 6.10 Å². The van der Waals surface area contributed by atoms with E-state index in [1.165, 1.54) is 13.3 Å². The smallest absolute Gasteiger partial charge is 0.349 e. The van der Waals surface area contributed by atoms with Gasteiger partial charge in [0.2, 0.25) is 6.10 Å². The Bertz CT molecular complexity index is 715. The van der Waals surface area contributed by atoms with E-state index in [2.05, 4.69) is 15.0 Å². The summed E-state index contributed by atoms with van der Waals surface area (Å²) in [5, 5.41) is 2.90. The second-order valence-electron chi connectivity index (χ2n) is 4.37. The molecule has 0 saturated heterocycles. The third-order valence-corrected chi connectivity index (χ3v) is 3.82. The van der Waals surface area contributed by atoms with Crippen LogP contribution < -0.4 is 14.8 Å². The van der Waals surface area contributed by atoms with Crippen LogP contribution in [0.3, 0.4) is 0 Å². The first kappa shape index (κ1) is 14.3. The molecule has 2 aromatic rings. The number of carbonyl (C=O) groups is 2. The summed E-state index contributed by atoms with van der Waals surface area (Å²) in [5.41, 5.74) is 0. The Morgan fingerprint density at radius 2 is 2.14 bits per heavy atom. The molecule has 1 aromatic heterocycles. The average molecular weight is 320 g/mol. The maximum atomic E-state index is 12.2. The van der Waals surface area contributed by atoms with Gasteiger partial charge in [0.15, 0.2) is 16.6 Å². The number of fused-ring (bicyclic) bond motifs is 1. The Kier molecular flexibility index (Phi) is 3.92. The number of methoxy groups -OCH3 is 1. The predicted molar refractivity (Wildman–Crippen MR) is 78.4 cm³/mol. The first-order chi connectivity index (χ1) is 10.7. The van der Waals surface area contributed by atoms with Gasteiger partial charge in [-0.15, -0.1) is 0 Å². The zero-order valence-electron chi connectivity index (χ0n) is 11.6. The number of amides is 1. The summed E-state index contributed by atoms with van der Waals surface area (Å²) in [7, 11) is 1.28. The molecule has 8 heteroatoms. The Balaban J connectivity index is 1.66. The third-order valence-electron chi connectivity index (χ3n) is 2.92. The maximum Gasteiger partial charge on any atom is 0.349 e. The van der Waals surface area contributed by atoms with Crippen molar-refractivity contribution >= 4 is 28.3 Å². The number of esters is 1. The standard InChI is InChI=1S/C14H12N2O5S/c1-19-13(18)11-6-15-14(22-11)16-12(17)10-7-20-8-4-2-3-5-9(8)21-10/h2-6,10H,7H2,1H3,(H,15,16,17). The van der Waals surface area contributed by atoms with E-state index in [1.807, 2.05) is 6.07 Å². The summed E-state index contributed by atoms with van der Waals surface area (Å²) >= 11 is 1.03. The number of hydrogen-bond donors (Lipinski definition) is 1. The average Bonchev–Trinajstić information content (AvgIpc) is 3.02. The molecule has 0 saturated carbocycles. The fraction of sp³-hybridized carbons (Fsp3) is 0.214. The van der Waals surface area contributed by atoms with Gasteiger partial charge in [-0.3, -0.25) is 10.1 Å². The van der Waals surface area contributed by atoms with E-state index < -0.39 is 12.1 Å². The molecule has 0 aliphatic carbocycles. The van der Waals surface area contributed by atoms with Gasteiger partial charge < -0.3 is 14.2 Å². The summed E-state index contributed by atoms with van der Waals surface area (Å²) in [6, 6.07) is 7.12. The highest BCUT2D eigenvalue weighted by Crippen LogP contribution is 2.31. The van der Waals surface area contributed by atoms with Crippen LogP contribution in [-0.2, 0) is 9.53 Å². The monoisotopic (exact) mass is 320 g/mol. The van der Waals surface area contributed by atoms with Crippen LogP contribution in [0.4, 0.5) is 5.13 Å². The van der Waals surface area contributed by atoms with Gasteiger partial charge in [-0.05, 0) is 12.1 Å². The topological polar surface area (TPSA) is 86.8 Å². The van der Waals surface area contributed by atoms with Crippen molar-refractivity contribution in [3.63, 3.8) is 0 Å². The van der Waals surface area contributed by atoms with E-state index in [-0.39, 0.29) is 12.5 Å². The van der Waals surface area contributed by atoms with Gasteiger partial charge in [0.05, 0.1) is 13.3 Å². The van der Waals surface area contributed by atoms with Crippen LogP contribution in [0.25, 0.3) is 0 Å². The third kappa shape index (κ3) is 2.86. The number of nitrogens with zero attached hydrogens (tertiary/aromatic N) is 1. The molecule has 1 aliphatic heterocycles. The molecule has 1 atom stereocenters. The fourth-order valence-electron chi connectivity index (χ4n) is 1.86. The van der Waals surface area contributed by atoms with E-state index in [1.54, 1.807) is 18.2 Å². The minimum Gasteiger partial charge on any atom is -0.485 e. The lowest BCUT2D eigenvalue weighted by atomic mass is 10.2. The van der Waals surface area contributed by atoms with Gasteiger partial charge in [0.1, 0.15) is 11.5 Å². The van der Waals surface area contributed by atoms with Crippen molar-refractivity contribution in [1.82, 2.24) is 4.98 Å². The van der Waals surface area contributed by atoms with E-state index in [9.17, 15) is 9.59 Å². The zero-order valence-corrected chi connectivity index (χ0v) is 12.4. The quantitative estimate of drug-likeness (QED) is 0.866. The van der Waals surface area contributed by atoms with Crippen LogP contribution >= 0.6 is 11.3 Å². The Morgan fingerprint density at radius 3 is 2.91 bits per heavy atom. The van der Waals surface area contributed by atoms with Crippen molar-refractivity contribution < 1.29 is 23.8 Å². The second kappa shape index (κ2) is 6.02. The molecule has 2 heterocycles. The highest BCUT2D eigenvalue weighted by atomic mass is 32.1. The molecule has 1 aliphatic rings. The summed E-state index contributed by atoms with van der Waals surface area (Å²) < 4.78 is 15.7. The minimum absolute atomic E-state index is 0.109. The molecule has 22 heavy (non-hydrogen) atoms. The van der Waals surface area contributed by atoms with Gasteiger partial charge in [-0.25, -0.2) is 9.78 Å². The molecular weight excluding hydrogens is 308 g/mol. The van der Waals surface area contributed by atoms with E-state index in [4.69, 9.17) is 9.47 Å². The van der Waals surface area contributed by atoms with E-state index >= 15 is 0 Å². The predicted octanol–water partition coefficient (Wildman–Crippen LogP) is 1.71. The van der Waals surface area contributed by atoms with Crippen molar-refractivity contribution in [3.8, 4) is 11.5 Å². The number of thiazole rings is 1. The maximum absolute atomic E-state index is 12.2. The highest BCUT2D eigenvalue weighted by molar-refractivity contribution is 7.17. The van der Waals surface area contributed by atoms with Crippen LogP contribution in [0.1, 0.15) is 9.67 Å². The zero-order chi connectivity index (χ0) is 15.5. The molecule has 1 amide bonds. The van der Waals surface area contributed by atoms with E-state index in [0.29, 0.717) is 21.5 Å². The molecule has 7 nitrogen and oxygen atoms in total. The summed E-state index contributed by atoms with van der Waals surface area (Å²) in [5.74, 6) is 0.238. The summed E-state index contributed by atoms with van der Waals surface area (Å²) in [4.78, 5) is 27.8. The Labute approximate surface area is 129 Å². The number of para-hydroxylation sites is 2. The lowest BCUT2D eigenvalue weighted by Crippen LogP contribution is -2.40. The Morgan fingerprint density at radius 1 is 1.36 bits per heavy atom. The molecule has 0 fully saturated rings. The molecular formula is C14H12N2O5S. The largest absolute Gasteiger partial charge is 0.485 e. The van der Waals surface area contributed by atoms with Gasteiger partial charge in [-0.1, -0.05) is 23.5 Å². The first-order valence-electron chi connectivity index (χ1n) is 6.41. The van der Waals surface area contributed by atoms with Crippen LogP contribution in [-0.4, -0.2) is 36.7 Å². The minimum atomic E-state index is -0.777. The fourth-order valence-corrected chi connectivity index (χ4v) is 2.60. The number of anilines is 1. The number of aromatic nitrogens is 1. The normalized spacial score (nSPS) is 16.0. The molecule has 1 aromatic carbocycles. The van der Waals surface area contributed by atoms with Crippen LogP contribution in [0.2, 0.25) is 0 Å². The number of rotatable bonds is 3. The SMILES string of the molecule is COC(=O)c1cnc(NC(=O)C2COc3ccccc3O2)s1. The van der Waals surface area contributed by atoms with Crippen LogP contribution in [0, 0.1) is 0 Å². The van der Waals surface area contributed by atoms with E-state index in [0.717, 1.165) is 11.3 Å². The number of ether oxygens (including phenoxy) is 3. The summed E-state index contributed by atoms with van der Waals surface area (Å²) in [6.07, 6.45) is 0.569. The van der Waals surface area contributed by atoms with Gasteiger partial charge in [0.25, 0.3) is 5.91 Å². The van der Waals surface area contributed by atoms with Crippen molar-refractivity contribution in [2.75, 3.05) is 19.0 Å². The van der Waals surface area contributed by atoms with Crippen molar-refractivity contribution in [1.29, 1.82) is 0 Å². The first-order valence-corrected chi connectivity index (χ1v) is 7.22. The molecule has 1 N–H and O–H groups in total. The molecule has 1 unspecified atom stereocenters. The van der Waals surface area contributed by atoms with Gasteiger partial charge in [-0.2, -0.15) is 0 Å². The van der Waals surface area contributed by atoms with Crippen molar-refractivity contribution in [3.05, 3.63) is 35.3 Å². The van der Waals surface area contributed by atoms with Gasteiger partial charge >= 0.3 is 5.97 Å². The van der Waals surface area contributed by atoms with Crippen molar-refractivity contribution in [2.24, 2.45) is 0 Å². The molecule has 114 valence electrons. The molecule has 0 bridgehead atoms. The summed E-state index contributed by atoms with van der Waals surface area (Å²) in [6.45, 7) is 0.109. The molecule has 0 radical (unpaired) electrons. The lowest BCUT2D eigenvalue weighted by Gasteiger charge is -2.25. The van der Waals surface area contributed by atoms with Crippen LogP contribution in [0.5, 0.6) is 11.5 Å². The number of carbonyl (C=O) groups excluding carboxylic acids is 2. The second-order valence-corrected chi connectivity index (χ2v) is 5.41. The number of nitrogens with one attached hydrogen (secondary N) is 1. The molecule has 3 rings (SSSR count). The number of benzene rings is 1. The van der Waals surface area contributed by atoms with Gasteiger partial charge in [0, 0.05) is 0 Å².